The number of aromatic amines is 1. The van der Waals surface area contributed by atoms with Gasteiger partial charge in [0.25, 0.3) is 0 Å². The van der Waals surface area contributed by atoms with Crippen LogP contribution in [-0.2, 0) is 11.0 Å². The summed E-state index contributed by atoms with van der Waals surface area (Å²) in [4.78, 5) is 20.9. The van der Waals surface area contributed by atoms with Gasteiger partial charge in [-0.1, -0.05) is 0 Å². The Labute approximate surface area is 119 Å². The largest absolute Gasteiger partial charge is 0.524 e. The first-order valence-corrected chi connectivity index (χ1v) is 7.16. The summed E-state index contributed by atoms with van der Waals surface area (Å²) in [7, 11) is -4.80. The molecule has 0 unspecified atom stereocenters. The minimum Gasteiger partial charge on any atom is -0.403 e. The summed E-state index contributed by atoms with van der Waals surface area (Å²) in [5, 5.41) is 11.7. The molecule has 2 aromatic rings. The number of nitriles is 1. The van der Waals surface area contributed by atoms with Gasteiger partial charge in [0.2, 0.25) is 0 Å². The quantitative estimate of drug-likeness (QED) is 0.617. The van der Waals surface area contributed by atoms with Crippen LogP contribution in [0.25, 0.3) is 10.9 Å². The lowest BCUT2D eigenvalue weighted by Crippen LogP contribution is -2.10. The van der Waals surface area contributed by atoms with Crippen LogP contribution in [0.1, 0.15) is 15.2 Å². The number of nitrogens with zero attached hydrogens (tertiary/aromatic N) is 1. The molecule has 8 heteroatoms. The molecule has 0 aliphatic carbocycles. The van der Waals surface area contributed by atoms with E-state index in [1.807, 2.05) is 6.07 Å². The van der Waals surface area contributed by atoms with Gasteiger partial charge in [0.1, 0.15) is 5.75 Å². The Morgan fingerprint density at radius 1 is 1.60 bits per heavy atom. The second-order valence-electron chi connectivity index (χ2n) is 4.08. The van der Waals surface area contributed by atoms with Crippen molar-refractivity contribution in [3.05, 3.63) is 29.5 Å². The molecule has 0 bridgehead atoms. The number of phosphoric ester groups is 1. The molecule has 1 heterocycles. The van der Waals surface area contributed by atoms with Gasteiger partial charge >= 0.3 is 7.82 Å². The average molecular weight is 298 g/mol. The summed E-state index contributed by atoms with van der Waals surface area (Å²) in [6.07, 6.45) is 1.88. The van der Waals surface area contributed by atoms with Gasteiger partial charge in [-0.15, -0.1) is 0 Å². The number of nitrogens with one attached hydrogen (secondary N) is 2. The van der Waals surface area contributed by atoms with Crippen molar-refractivity contribution in [1.82, 2.24) is 10.3 Å². The number of rotatable bonds is 5. The number of fused-ring (bicyclic) bond motifs is 1. The van der Waals surface area contributed by atoms with Crippen LogP contribution in [0.15, 0.2) is 18.3 Å². The Bertz CT molecular complexity index is 806. The topological polar surface area (TPSA) is 118 Å². The molecule has 0 aliphatic rings. The van der Waals surface area contributed by atoms with Gasteiger partial charge in [-0.3, -0.25) is 9.79 Å². The second kappa shape index (κ2) is 5.65. The van der Waals surface area contributed by atoms with E-state index in [-0.39, 0.29) is 17.9 Å². The van der Waals surface area contributed by atoms with E-state index >= 15 is 0 Å². The molecule has 0 spiro atoms. The highest BCUT2D eigenvalue weighted by Gasteiger charge is 2.20. The molecule has 0 saturated carbocycles. The number of likely N-dealkylation sites (N-methyl/N-ethyl adjacent to an activating group) is 1. The summed E-state index contributed by atoms with van der Waals surface area (Å²) >= 11 is 0. The van der Waals surface area contributed by atoms with Gasteiger partial charge in [-0.25, -0.2) is 4.57 Å². The molecule has 0 aliphatic heterocycles. The molecule has 7 nitrogen and oxygen atoms in total. The molecule has 0 atom stereocenters. The number of phosphoric acid groups is 1. The maximum absolute atomic E-state index is 11.1. The van der Waals surface area contributed by atoms with E-state index in [0.29, 0.717) is 22.9 Å². The molecule has 20 heavy (non-hydrogen) atoms. The summed E-state index contributed by atoms with van der Waals surface area (Å²) in [6.45, 7) is -2.13. The van der Waals surface area contributed by atoms with Crippen LogP contribution >= 0.6 is 7.82 Å². The van der Waals surface area contributed by atoms with Crippen molar-refractivity contribution in [2.45, 2.75) is 6.42 Å². The van der Waals surface area contributed by atoms with Gasteiger partial charge in [0.05, 0.1) is 17.1 Å². The Morgan fingerprint density at radius 3 is 3.05 bits per heavy atom. The fraction of sp³-hybridized carbons (Fsp3) is 0.250. The van der Waals surface area contributed by atoms with Crippen LogP contribution in [0.5, 0.6) is 5.75 Å². The molecule has 0 fully saturated rings. The average Bonchev–Trinajstić information content (AvgIpc) is 2.79. The normalized spacial score (nSPS) is 14.3. The summed E-state index contributed by atoms with van der Waals surface area (Å²) in [5.74, 6) is -0.127. The highest BCUT2D eigenvalue weighted by molar-refractivity contribution is 7.46. The van der Waals surface area contributed by atoms with E-state index in [1.165, 1.54) is 12.1 Å². The first-order chi connectivity index (χ1) is 10.6. The van der Waals surface area contributed by atoms with Gasteiger partial charge in [0, 0.05) is 15.7 Å². The molecule has 0 saturated heterocycles. The standard InChI is InChI=1S/C12H14N3O4P/c1-14-3-2-9-7-15-10-4-8(6-13)5-11(12(9)10)19-20(16,17)18/h4-5,7,14-15H,2-3H2,1H3,(H2,16,17,18)/i1D3. The third-order valence-electron chi connectivity index (χ3n) is 2.69. The summed E-state index contributed by atoms with van der Waals surface area (Å²) < 4.78 is 37.0. The smallest absolute Gasteiger partial charge is 0.403 e. The minimum absolute atomic E-state index is 0.127. The fourth-order valence-electron chi connectivity index (χ4n) is 1.96. The van der Waals surface area contributed by atoms with Crippen LogP contribution < -0.4 is 9.84 Å². The highest BCUT2D eigenvalue weighted by atomic mass is 31.2. The first-order valence-electron chi connectivity index (χ1n) is 7.13. The third-order valence-corrected chi connectivity index (χ3v) is 3.13. The van der Waals surface area contributed by atoms with Gasteiger partial charge in [-0.05, 0) is 37.6 Å². The Morgan fingerprint density at radius 2 is 2.40 bits per heavy atom. The van der Waals surface area contributed by atoms with Gasteiger partial charge in [-0.2, -0.15) is 5.26 Å². The number of hydrogen-bond acceptors (Lipinski definition) is 4. The van der Waals surface area contributed by atoms with E-state index in [9.17, 15) is 4.57 Å². The fourth-order valence-corrected chi connectivity index (χ4v) is 2.36. The molecular weight excluding hydrogens is 281 g/mol. The molecule has 0 radical (unpaired) electrons. The second-order valence-corrected chi connectivity index (χ2v) is 5.25. The van der Waals surface area contributed by atoms with Gasteiger partial charge in [0.15, 0.2) is 0 Å². The Balaban J connectivity index is 2.39. The lowest BCUT2D eigenvalue weighted by atomic mass is 10.1. The Kier molecular flexibility index (Phi) is 3.08. The highest BCUT2D eigenvalue weighted by Crippen LogP contribution is 2.42. The van der Waals surface area contributed by atoms with E-state index in [0.717, 1.165) is 0 Å². The van der Waals surface area contributed by atoms with Crippen LogP contribution in [0, 0.1) is 11.3 Å². The number of H-pyrrole nitrogens is 1. The maximum Gasteiger partial charge on any atom is 0.524 e. The van der Waals surface area contributed by atoms with E-state index in [4.69, 9.17) is 19.2 Å². The number of aromatic nitrogens is 1. The van der Waals surface area contributed by atoms with Crippen molar-refractivity contribution >= 4 is 18.7 Å². The molecule has 2 rings (SSSR count). The van der Waals surface area contributed by atoms with Crippen LogP contribution in [0.3, 0.4) is 0 Å². The third kappa shape index (κ3) is 3.18. The molecular formula is C12H14N3O4P. The predicted octanol–water partition coefficient (Wildman–Crippen LogP) is 1.27. The molecule has 4 N–H and O–H groups in total. The zero-order valence-corrected chi connectivity index (χ0v) is 11.1. The molecule has 0 amide bonds. The van der Waals surface area contributed by atoms with Crippen molar-refractivity contribution in [3.8, 4) is 11.8 Å². The lowest BCUT2D eigenvalue weighted by molar-refractivity contribution is 0.284. The monoisotopic (exact) mass is 298 g/mol. The lowest BCUT2D eigenvalue weighted by Gasteiger charge is -2.10. The Hall–Kier alpha value is -1.84. The van der Waals surface area contributed by atoms with Gasteiger partial charge < -0.3 is 14.8 Å². The number of benzene rings is 1. The SMILES string of the molecule is [2H]C([2H])([2H])NCCc1c[nH]c2cc(C#N)cc(OP(=O)(O)O)c12. The van der Waals surface area contributed by atoms with Crippen LogP contribution in [0.2, 0.25) is 0 Å². The maximum atomic E-state index is 11.1. The molecule has 1 aromatic carbocycles. The van der Waals surface area contributed by atoms with Crippen molar-refractivity contribution < 1.29 is 23.0 Å². The zero-order valence-electron chi connectivity index (χ0n) is 13.3. The predicted molar refractivity (Wildman–Crippen MR) is 73.3 cm³/mol. The van der Waals surface area contributed by atoms with Crippen molar-refractivity contribution in [3.63, 3.8) is 0 Å². The molecule has 1 aromatic heterocycles. The van der Waals surface area contributed by atoms with E-state index in [2.05, 4.69) is 14.8 Å². The van der Waals surface area contributed by atoms with E-state index < -0.39 is 14.8 Å². The van der Waals surface area contributed by atoms with Crippen molar-refractivity contribution in [2.75, 3.05) is 13.5 Å². The first kappa shape index (κ1) is 10.9. The van der Waals surface area contributed by atoms with Crippen LogP contribution in [-0.4, -0.2) is 28.3 Å². The zero-order chi connectivity index (χ0) is 17.3. The summed E-state index contributed by atoms with van der Waals surface area (Å²) in [5.41, 5.74) is 1.26. The number of hydrogen-bond donors (Lipinski definition) is 4. The minimum atomic E-state index is -4.80. The summed E-state index contributed by atoms with van der Waals surface area (Å²) in [6, 6.07) is 4.63. The van der Waals surface area contributed by atoms with Crippen molar-refractivity contribution in [2.24, 2.45) is 0 Å². The van der Waals surface area contributed by atoms with E-state index in [1.54, 1.807) is 6.20 Å². The molecule has 106 valence electrons. The van der Waals surface area contributed by atoms with Crippen LogP contribution in [0.4, 0.5) is 0 Å². The van der Waals surface area contributed by atoms with Crippen molar-refractivity contribution in [1.29, 1.82) is 5.26 Å².